The van der Waals surface area contributed by atoms with Gasteiger partial charge in [0.2, 0.25) is 5.91 Å². The highest BCUT2D eigenvalue weighted by Crippen LogP contribution is 2.07. The zero-order valence-electron chi connectivity index (χ0n) is 6.10. The zero-order valence-corrected chi connectivity index (χ0v) is 6.92. The lowest BCUT2D eigenvalue weighted by Crippen LogP contribution is -2.20. The Hall–Kier alpha value is -0.180. The summed E-state index contributed by atoms with van der Waals surface area (Å²) in [6, 6.07) is 0. The Balaban J connectivity index is 3.17. The van der Waals surface area contributed by atoms with Crippen molar-refractivity contribution in [3.05, 3.63) is 0 Å². The van der Waals surface area contributed by atoms with Crippen LogP contribution in [0.25, 0.3) is 0 Å². The molecule has 0 aliphatic heterocycles. The fraction of sp³-hybridized carbons (Fsp3) is 0.833. The molecule has 3 heteroatoms. The third-order valence-corrected chi connectivity index (χ3v) is 1.92. The maximum atomic E-state index is 10.6. The smallest absolute Gasteiger partial charge is 0.229 e. The molecule has 0 aromatic carbocycles. The Morgan fingerprint density at radius 1 is 1.67 bits per heavy atom. The molecule has 9 heavy (non-hydrogen) atoms. The van der Waals surface area contributed by atoms with E-state index in [1.165, 1.54) is 0 Å². The van der Waals surface area contributed by atoms with Gasteiger partial charge in [0.15, 0.2) is 0 Å². The molecule has 0 spiro atoms. The maximum Gasteiger partial charge on any atom is 0.229 e. The van der Waals surface area contributed by atoms with Crippen LogP contribution in [-0.4, -0.2) is 24.0 Å². The predicted molar refractivity (Wildman–Crippen MR) is 41.7 cm³/mol. The van der Waals surface area contributed by atoms with Crippen molar-refractivity contribution in [2.45, 2.75) is 19.1 Å². The Bertz CT molecular complexity index is 93.1. The van der Waals surface area contributed by atoms with E-state index in [9.17, 15) is 4.79 Å². The van der Waals surface area contributed by atoms with Crippen LogP contribution in [0.15, 0.2) is 0 Å². The van der Waals surface area contributed by atoms with E-state index in [-0.39, 0.29) is 5.91 Å². The Labute approximate surface area is 60.4 Å². The first kappa shape index (κ1) is 8.82. The van der Waals surface area contributed by atoms with Crippen LogP contribution in [0.3, 0.4) is 0 Å². The van der Waals surface area contributed by atoms with Crippen LogP contribution >= 0.6 is 11.8 Å². The maximum absolute atomic E-state index is 10.6. The van der Waals surface area contributed by atoms with Crippen LogP contribution in [-0.2, 0) is 4.79 Å². The summed E-state index contributed by atoms with van der Waals surface area (Å²) in [4.78, 5) is 10.6. The minimum Gasteiger partial charge on any atom is -0.358 e. The Morgan fingerprint density at radius 2 is 2.22 bits per heavy atom. The van der Waals surface area contributed by atoms with Gasteiger partial charge in [-0.15, -0.1) is 11.8 Å². The van der Waals surface area contributed by atoms with Gasteiger partial charge in [-0.1, -0.05) is 13.8 Å². The highest BCUT2D eigenvalue weighted by atomic mass is 32.2. The third-order valence-electron chi connectivity index (χ3n) is 0.827. The van der Waals surface area contributed by atoms with Gasteiger partial charge in [0, 0.05) is 7.05 Å². The van der Waals surface area contributed by atoms with Gasteiger partial charge in [-0.25, -0.2) is 0 Å². The third kappa shape index (κ3) is 5.69. The molecule has 0 fully saturated rings. The molecule has 1 N–H and O–H groups in total. The first-order valence-corrected chi connectivity index (χ1v) is 4.04. The van der Waals surface area contributed by atoms with Gasteiger partial charge in [0.05, 0.1) is 5.75 Å². The zero-order chi connectivity index (χ0) is 7.28. The molecular weight excluding hydrogens is 134 g/mol. The van der Waals surface area contributed by atoms with Crippen molar-refractivity contribution in [2.75, 3.05) is 12.8 Å². The van der Waals surface area contributed by atoms with Crippen LogP contribution in [0.1, 0.15) is 13.8 Å². The molecule has 0 aliphatic carbocycles. The second-order valence-corrected chi connectivity index (χ2v) is 3.60. The van der Waals surface area contributed by atoms with E-state index in [0.717, 1.165) is 0 Å². The van der Waals surface area contributed by atoms with Gasteiger partial charge in [0.25, 0.3) is 0 Å². The van der Waals surface area contributed by atoms with Crippen LogP contribution in [0.4, 0.5) is 0 Å². The molecule has 0 radical (unpaired) electrons. The van der Waals surface area contributed by atoms with Gasteiger partial charge >= 0.3 is 0 Å². The number of nitrogens with one attached hydrogen (secondary N) is 1. The quantitative estimate of drug-likeness (QED) is 0.642. The van der Waals surface area contributed by atoms with E-state index in [0.29, 0.717) is 11.0 Å². The summed E-state index contributed by atoms with van der Waals surface area (Å²) in [5.41, 5.74) is 0. The second kappa shape index (κ2) is 4.68. The van der Waals surface area contributed by atoms with Gasteiger partial charge in [-0.05, 0) is 5.25 Å². The lowest BCUT2D eigenvalue weighted by atomic mass is 10.6. The van der Waals surface area contributed by atoms with Crippen molar-refractivity contribution < 1.29 is 4.79 Å². The second-order valence-electron chi connectivity index (χ2n) is 2.03. The van der Waals surface area contributed by atoms with E-state index in [1.54, 1.807) is 18.8 Å². The molecule has 0 bridgehead atoms. The lowest BCUT2D eigenvalue weighted by Gasteiger charge is -2.01. The number of thioether (sulfide) groups is 1. The monoisotopic (exact) mass is 147 g/mol. The topological polar surface area (TPSA) is 29.1 Å². The minimum atomic E-state index is 0.105. The van der Waals surface area contributed by atoms with Crippen molar-refractivity contribution in [3.63, 3.8) is 0 Å². The summed E-state index contributed by atoms with van der Waals surface area (Å²) >= 11 is 1.65. The Kier molecular flexibility index (Phi) is 4.58. The van der Waals surface area contributed by atoms with Crippen molar-refractivity contribution in [3.8, 4) is 0 Å². The first-order chi connectivity index (χ1) is 4.16. The highest BCUT2D eigenvalue weighted by Gasteiger charge is 1.98. The molecule has 2 nitrogen and oxygen atoms in total. The molecule has 0 aromatic heterocycles. The predicted octanol–water partition coefficient (Wildman–Crippen LogP) is 0.874. The van der Waals surface area contributed by atoms with E-state index in [1.807, 2.05) is 0 Å². The molecular formula is C6H13NOS. The van der Waals surface area contributed by atoms with E-state index < -0.39 is 0 Å². The number of carbonyl (C=O) groups is 1. The molecule has 1 amide bonds. The summed E-state index contributed by atoms with van der Waals surface area (Å²) in [6.07, 6.45) is 0. The molecule has 54 valence electrons. The van der Waals surface area contributed by atoms with Crippen molar-refractivity contribution in [2.24, 2.45) is 0 Å². The summed E-state index contributed by atoms with van der Waals surface area (Å²) in [5, 5.41) is 3.10. The summed E-state index contributed by atoms with van der Waals surface area (Å²) in [7, 11) is 1.66. The number of rotatable bonds is 3. The molecule has 0 aromatic rings. The average molecular weight is 147 g/mol. The fourth-order valence-corrected chi connectivity index (χ4v) is 0.944. The average Bonchev–Trinajstić information content (AvgIpc) is 1.83. The normalized spacial score (nSPS) is 9.78. The largest absolute Gasteiger partial charge is 0.358 e. The molecule has 0 atom stereocenters. The number of amides is 1. The number of hydrogen-bond donors (Lipinski definition) is 1. The molecule has 0 rings (SSSR count). The van der Waals surface area contributed by atoms with Gasteiger partial charge in [0.1, 0.15) is 0 Å². The summed E-state index contributed by atoms with van der Waals surface area (Å²) in [5.74, 6) is 0.683. The van der Waals surface area contributed by atoms with Gasteiger partial charge in [-0.2, -0.15) is 0 Å². The van der Waals surface area contributed by atoms with Crippen molar-refractivity contribution in [1.82, 2.24) is 5.32 Å². The highest BCUT2D eigenvalue weighted by molar-refractivity contribution is 8.00. The van der Waals surface area contributed by atoms with Gasteiger partial charge in [-0.3, -0.25) is 4.79 Å². The van der Waals surface area contributed by atoms with Gasteiger partial charge < -0.3 is 5.32 Å². The standard InChI is InChI=1S/C6H13NOS/c1-5(2)9-4-6(8)7-3/h5H,4H2,1-3H3,(H,7,8). The molecule has 0 heterocycles. The van der Waals surface area contributed by atoms with Crippen LogP contribution in [0, 0.1) is 0 Å². The molecule has 0 saturated heterocycles. The molecule has 0 unspecified atom stereocenters. The number of carbonyl (C=O) groups excluding carboxylic acids is 1. The summed E-state index contributed by atoms with van der Waals surface area (Å²) in [6.45, 7) is 4.15. The molecule has 0 saturated carbocycles. The van der Waals surface area contributed by atoms with Crippen LogP contribution in [0.2, 0.25) is 0 Å². The minimum absolute atomic E-state index is 0.105. The summed E-state index contributed by atoms with van der Waals surface area (Å²) < 4.78 is 0. The van der Waals surface area contributed by atoms with Crippen LogP contribution < -0.4 is 5.32 Å². The van der Waals surface area contributed by atoms with E-state index >= 15 is 0 Å². The first-order valence-electron chi connectivity index (χ1n) is 2.99. The SMILES string of the molecule is CNC(=O)CSC(C)C. The van der Waals surface area contributed by atoms with E-state index in [4.69, 9.17) is 0 Å². The van der Waals surface area contributed by atoms with Crippen molar-refractivity contribution in [1.29, 1.82) is 0 Å². The lowest BCUT2D eigenvalue weighted by molar-refractivity contribution is -0.118. The van der Waals surface area contributed by atoms with Crippen molar-refractivity contribution >= 4 is 17.7 Å². The number of hydrogen-bond acceptors (Lipinski definition) is 2. The van der Waals surface area contributed by atoms with Crippen LogP contribution in [0.5, 0.6) is 0 Å². The fourth-order valence-electron chi connectivity index (χ4n) is 0.315. The molecule has 0 aliphatic rings. The Morgan fingerprint density at radius 3 is 2.56 bits per heavy atom. The van der Waals surface area contributed by atoms with E-state index in [2.05, 4.69) is 19.2 Å².